The predicted octanol–water partition coefficient (Wildman–Crippen LogP) is 3.84. The lowest BCUT2D eigenvalue weighted by atomic mass is 10.2. The number of rotatable bonds is 3. The largest absolute Gasteiger partial charge is 0.495 e. The zero-order chi connectivity index (χ0) is 13.2. The molecule has 1 unspecified atom stereocenters. The third-order valence-electron chi connectivity index (χ3n) is 3.45. The van der Waals surface area contributed by atoms with Crippen molar-refractivity contribution in [1.82, 2.24) is 4.98 Å². The molecule has 1 N–H and O–H groups in total. The van der Waals surface area contributed by atoms with Crippen LogP contribution >= 0.6 is 11.6 Å². The maximum atomic E-state index is 6.13. The number of anilines is 1. The fraction of sp³-hybridized carbons (Fsp3) is 0.267. The van der Waals surface area contributed by atoms with E-state index in [1.165, 1.54) is 5.56 Å². The van der Waals surface area contributed by atoms with Crippen LogP contribution in [0.2, 0.25) is 5.02 Å². The number of aryl methyl sites for hydroxylation is 1. The van der Waals surface area contributed by atoms with E-state index in [4.69, 9.17) is 16.3 Å². The molecule has 2 aromatic rings. The van der Waals surface area contributed by atoms with Gasteiger partial charge in [0.2, 0.25) is 0 Å². The van der Waals surface area contributed by atoms with Gasteiger partial charge >= 0.3 is 0 Å². The Hall–Kier alpha value is -1.74. The van der Waals surface area contributed by atoms with E-state index >= 15 is 0 Å². The van der Waals surface area contributed by atoms with Gasteiger partial charge in [-0.25, -0.2) is 0 Å². The van der Waals surface area contributed by atoms with Crippen molar-refractivity contribution in [3.8, 4) is 5.75 Å². The molecule has 3 nitrogen and oxygen atoms in total. The lowest BCUT2D eigenvalue weighted by Gasteiger charge is -2.15. The molecule has 1 aromatic carbocycles. The minimum absolute atomic E-state index is 0.265. The molecule has 0 saturated carbocycles. The van der Waals surface area contributed by atoms with Crippen molar-refractivity contribution in [2.24, 2.45) is 0 Å². The summed E-state index contributed by atoms with van der Waals surface area (Å²) in [6.07, 6.45) is 3.99. The minimum atomic E-state index is 0.265. The van der Waals surface area contributed by atoms with E-state index in [9.17, 15) is 0 Å². The van der Waals surface area contributed by atoms with Crippen molar-refractivity contribution in [1.29, 1.82) is 0 Å². The summed E-state index contributed by atoms with van der Waals surface area (Å²) in [5.74, 6) is 0.692. The average Bonchev–Trinajstić information content (AvgIpc) is 2.83. The lowest BCUT2D eigenvalue weighted by Crippen LogP contribution is -2.08. The highest BCUT2D eigenvalue weighted by Gasteiger charge is 2.23. The maximum absolute atomic E-state index is 6.13. The van der Waals surface area contributed by atoms with Crippen LogP contribution < -0.4 is 10.1 Å². The van der Waals surface area contributed by atoms with Gasteiger partial charge in [0.25, 0.3) is 0 Å². The normalized spacial score (nSPS) is 17.1. The number of methoxy groups -OCH3 is 1. The van der Waals surface area contributed by atoms with Crippen LogP contribution in [0.3, 0.4) is 0 Å². The Labute approximate surface area is 117 Å². The van der Waals surface area contributed by atoms with E-state index in [2.05, 4.69) is 16.4 Å². The van der Waals surface area contributed by atoms with Gasteiger partial charge in [-0.15, -0.1) is 0 Å². The predicted molar refractivity (Wildman–Crippen MR) is 76.9 cm³/mol. The molecule has 1 aliphatic rings. The number of fused-ring (bicyclic) bond motifs is 1. The molecule has 0 saturated heterocycles. The third kappa shape index (κ3) is 2.38. The summed E-state index contributed by atoms with van der Waals surface area (Å²) in [6.45, 7) is 0. The third-order valence-corrected chi connectivity index (χ3v) is 3.75. The van der Waals surface area contributed by atoms with Gasteiger partial charge in [0, 0.05) is 11.9 Å². The first-order valence-electron chi connectivity index (χ1n) is 6.32. The molecule has 19 heavy (non-hydrogen) atoms. The van der Waals surface area contributed by atoms with Crippen molar-refractivity contribution in [3.63, 3.8) is 0 Å². The average molecular weight is 275 g/mol. The fourth-order valence-electron chi connectivity index (χ4n) is 2.51. The van der Waals surface area contributed by atoms with Gasteiger partial charge in [0.1, 0.15) is 5.75 Å². The highest BCUT2D eigenvalue weighted by Crippen LogP contribution is 2.34. The van der Waals surface area contributed by atoms with Gasteiger partial charge in [0.05, 0.1) is 23.9 Å². The summed E-state index contributed by atoms with van der Waals surface area (Å²) in [7, 11) is 1.62. The Morgan fingerprint density at radius 3 is 3.05 bits per heavy atom. The molecule has 0 spiro atoms. The summed E-state index contributed by atoms with van der Waals surface area (Å²) in [5.41, 5.74) is 3.48. The number of nitrogens with zero attached hydrogens (tertiary/aromatic N) is 1. The van der Waals surface area contributed by atoms with Gasteiger partial charge < -0.3 is 10.1 Å². The van der Waals surface area contributed by atoms with Crippen molar-refractivity contribution in [2.75, 3.05) is 12.4 Å². The molecule has 0 radical (unpaired) electrons. The molecule has 1 aliphatic carbocycles. The van der Waals surface area contributed by atoms with Gasteiger partial charge in [-0.3, -0.25) is 4.98 Å². The SMILES string of the molecule is COc1ccc(NC2CCc3cccnc32)cc1Cl. The summed E-state index contributed by atoms with van der Waals surface area (Å²) in [5, 5.41) is 4.10. The topological polar surface area (TPSA) is 34.1 Å². The number of ether oxygens (including phenoxy) is 1. The van der Waals surface area contributed by atoms with E-state index < -0.39 is 0 Å². The molecule has 1 heterocycles. The zero-order valence-electron chi connectivity index (χ0n) is 10.7. The first-order chi connectivity index (χ1) is 9.28. The van der Waals surface area contributed by atoms with Crippen LogP contribution in [-0.4, -0.2) is 12.1 Å². The van der Waals surface area contributed by atoms with Gasteiger partial charge in [-0.05, 0) is 42.7 Å². The number of aromatic nitrogens is 1. The number of hydrogen-bond donors (Lipinski definition) is 1. The van der Waals surface area contributed by atoms with E-state index in [0.717, 1.165) is 24.2 Å². The lowest BCUT2D eigenvalue weighted by molar-refractivity contribution is 0.415. The number of halogens is 1. The number of pyridine rings is 1. The molecular formula is C15H15ClN2O. The summed E-state index contributed by atoms with van der Waals surface area (Å²) >= 11 is 6.13. The van der Waals surface area contributed by atoms with Crippen molar-refractivity contribution in [3.05, 3.63) is 52.8 Å². The van der Waals surface area contributed by atoms with Crippen LogP contribution in [0, 0.1) is 0 Å². The van der Waals surface area contributed by atoms with E-state index in [1.807, 2.05) is 30.5 Å². The zero-order valence-corrected chi connectivity index (χ0v) is 11.4. The monoisotopic (exact) mass is 274 g/mol. The highest BCUT2D eigenvalue weighted by atomic mass is 35.5. The second-order valence-corrected chi connectivity index (χ2v) is 5.04. The second kappa shape index (κ2) is 5.10. The molecule has 1 aromatic heterocycles. The Balaban J connectivity index is 1.81. The summed E-state index contributed by atoms with van der Waals surface area (Å²) in [4.78, 5) is 4.47. The molecule has 3 rings (SSSR count). The van der Waals surface area contributed by atoms with Gasteiger partial charge in [0.15, 0.2) is 0 Å². The molecule has 0 aliphatic heterocycles. The van der Waals surface area contributed by atoms with Crippen molar-refractivity contribution < 1.29 is 4.74 Å². The minimum Gasteiger partial charge on any atom is -0.495 e. The quantitative estimate of drug-likeness (QED) is 0.923. The Kier molecular flexibility index (Phi) is 3.30. The van der Waals surface area contributed by atoms with Crippen molar-refractivity contribution in [2.45, 2.75) is 18.9 Å². The summed E-state index contributed by atoms with van der Waals surface area (Å²) < 4.78 is 5.15. The number of nitrogens with one attached hydrogen (secondary N) is 1. The summed E-state index contributed by atoms with van der Waals surface area (Å²) in [6, 6.07) is 10.1. The van der Waals surface area contributed by atoms with Crippen LogP contribution in [0.4, 0.5) is 5.69 Å². The number of benzene rings is 1. The first kappa shape index (κ1) is 12.3. The number of hydrogen-bond acceptors (Lipinski definition) is 3. The first-order valence-corrected chi connectivity index (χ1v) is 6.69. The maximum Gasteiger partial charge on any atom is 0.137 e. The fourth-order valence-corrected chi connectivity index (χ4v) is 2.77. The standard InChI is InChI=1S/C15H15ClN2O/c1-19-14-7-5-11(9-12(14)16)18-13-6-4-10-3-2-8-17-15(10)13/h2-3,5,7-9,13,18H,4,6H2,1H3. The van der Waals surface area contributed by atoms with Gasteiger partial charge in [-0.1, -0.05) is 17.7 Å². The van der Waals surface area contributed by atoms with Crippen LogP contribution in [0.25, 0.3) is 0 Å². The van der Waals surface area contributed by atoms with Crippen molar-refractivity contribution >= 4 is 17.3 Å². The molecule has 98 valence electrons. The van der Waals surface area contributed by atoms with Gasteiger partial charge in [-0.2, -0.15) is 0 Å². The van der Waals surface area contributed by atoms with Crippen LogP contribution in [0.1, 0.15) is 23.7 Å². The van der Waals surface area contributed by atoms with Crippen LogP contribution in [0.5, 0.6) is 5.75 Å². The molecule has 0 amide bonds. The highest BCUT2D eigenvalue weighted by molar-refractivity contribution is 6.32. The smallest absolute Gasteiger partial charge is 0.137 e. The molecule has 1 atom stereocenters. The molecule has 0 fully saturated rings. The second-order valence-electron chi connectivity index (χ2n) is 4.63. The van der Waals surface area contributed by atoms with Crippen LogP contribution in [-0.2, 0) is 6.42 Å². The molecule has 0 bridgehead atoms. The Morgan fingerprint density at radius 1 is 1.37 bits per heavy atom. The Bertz CT molecular complexity index is 600. The van der Waals surface area contributed by atoms with E-state index in [1.54, 1.807) is 7.11 Å². The van der Waals surface area contributed by atoms with E-state index in [-0.39, 0.29) is 6.04 Å². The van der Waals surface area contributed by atoms with E-state index in [0.29, 0.717) is 10.8 Å². The Morgan fingerprint density at radius 2 is 2.26 bits per heavy atom. The molecule has 4 heteroatoms. The van der Waals surface area contributed by atoms with Crippen LogP contribution in [0.15, 0.2) is 36.5 Å². The molecular weight excluding hydrogens is 260 g/mol.